The SMILES string of the molecule is CNC1(c2ccccc2)CCCCN1Cc1cccs1.O=C(O)C(O)C(O)C(=O)O. The number of carbonyl (C=O) groups is 2. The molecule has 2 aromatic rings. The molecule has 3 unspecified atom stereocenters. The predicted molar refractivity (Wildman–Crippen MR) is 113 cm³/mol. The van der Waals surface area contributed by atoms with Crippen molar-refractivity contribution in [3.05, 3.63) is 58.3 Å². The fraction of sp³-hybridized carbons (Fsp3) is 0.429. The van der Waals surface area contributed by atoms with Gasteiger partial charge in [-0.1, -0.05) is 36.4 Å². The highest BCUT2D eigenvalue weighted by Crippen LogP contribution is 2.36. The number of carboxylic acids is 2. The minimum Gasteiger partial charge on any atom is -0.479 e. The summed E-state index contributed by atoms with van der Waals surface area (Å²) < 4.78 is 0. The standard InChI is InChI=1S/C17H22N2S.C4H6O6/c1-18-17(15-8-3-2-4-9-15)11-5-6-12-19(17)14-16-10-7-13-20-16;5-1(3(7)8)2(6)4(9)10/h2-4,7-10,13,18H,5-6,11-12,14H2,1H3;1-2,5-6H,(H,7,8)(H,9,10). The van der Waals surface area contributed by atoms with Crippen molar-refractivity contribution in [3.63, 3.8) is 0 Å². The van der Waals surface area contributed by atoms with E-state index in [-0.39, 0.29) is 5.66 Å². The van der Waals surface area contributed by atoms with Crippen molar-refractivity contribution in [2.24, 2.45) is 0 Å². The smallest absolute Gasteiger partial charge is 0.335 e. The summed E-state index contributed by atoms with van der Waals surface area (Å²) >= 11 is 1.85. The number of likely N-dealkylation sites (tertiary alicyclic amines) is 1. The number of benzene rings is 1. The van der Waals surface area contributed by atoms with E-state index >= 15 is 0 Å². The Morgan fingerprint density at radius 3 is 2.20 bits per heavy atom. The third kappa shape index (κ3) is 5.87. The Balaban J connectivity index is 0.000000274. The molecule has 164 valence electrons. The van der Waals surface area contributed by atoms with Crippen molar-refractivity contribution in [1.82, 2.24) is 10.2 Å². The van der Waals surface area contributed by atoms with Gasteiger partial charge in [0, 0.05) is 18.0 Å². The van der Waals surface area contributed by atoms with Crippen LogP contribution in [0.25, 0.3) is 0 Å². The molecule has 3 rings (SSSR count). The first-order valence-electron chi connectivity index (χ1n) is 9.65. The number of hydrogen-bond donors (Lipinski definition) is 5. The zero-order valence-corrected chi connectivity index (χ0v) is 17.6. The number of thiophene rings is 1. The van der Waals surface area contributed by atoms with Crippen LogP contribution in [0.3, 0.4) is 0 Å². The molecule has 1 aliphatic heterocycles. The van der Waals surface area contributed by atoms with Gasteiger partial charge >= 0.3 is 11.9 Å². The lowest BCUT2D eigenvalue weighted by Gasteiger charge is -2.47. The number of aliphatic hydroxyl groups excluding tert-OH is 2. The molecule has 3 atom stereocenters. The molecule has 9 heteroatoms. The van der Waals surface area contributed by atoms with Crippen molar-refractivity contribution < 1.29 is 30.0 Å². The molecule has 0 spiro atoms. The molecule has 1 aromatic heterocycles. The summed E-state index contributed by atoms with van der Waals surface area (Å²) in [5.41, 5.74) is 1.38. The zero-order valence-electron chi connectivity index (χ0n) is 16.8. The molecule has 0 aliphatic carbocycles. The Hall–Kier alpha value is -2.30. The quantitative estimate of drug-likeness (QED) is 0.443. The normalized spacial score (nSPS) is 21.2. The first-order chi connectivity index (χ1) is 14.3. The van der Waals surface area contributed by atoms with Crippen LogP contribution >= 0.6 is 11.3 Å². The lowest BCUT2D eigenvalue weighted by molar-refractivity contribution is -0.165. The summed E-state index contributed by atoms with van der Waals surface area (Å²) in [5.74, 6) is -3.54. The Labute approximate surface area is 179 Å². The van der Waals surface area contributed by atoms with Gasteiger partial charge in [-0.3, -0.25) is 10.2 Å². The van der Waals surface area contributed by atoms with Gasteiger partial charge in [0.05, 0.1) is 5.66 Å². The second-order valence-corrected chi connectivity index (χ2v) is 8.03. The fourth-order valence-corrected chi connectivity index (χ4v) is 4.29. The van der Waals surface area contributed by atoms with Gasteiger partial charge in [0.2, 0.25) is 0 Å². The lowest BCUT2D eigenvalue weighted by Crippen LogP contribution is -2.56. The summed E-state index contributed by atoms with van der Waals surface area (Å²) in [7, 11) is 2.10. The minimum atomic E-state index is -2.27. The Morgan fingerprint density at radius 1 is 1.07 bits per heavy atom. The van der Waals surface area contributed by atoms with Gasteiger partial charge in [-0.2, -0.15) is 0 Å². The van der Waals surface area contributed by atoms with Gasteiger partial charge in [0.15, 0.2) is 12.2 Å². The molecule has 30 heavy (non-hydrogen) atoms. The van der Waals surface area contributed by atoms with E-state index in [1.165, 1.54) is 29.7 Å². The first-order valence-corrected chi connectivity index (χ1v) is 10.5. The van der Waals surface area contributed by atoms with E-state index in [0.29, 0.717) is 0 Å². The third-order valence-corrected chi connectivity index (χ3v) is 6.01. The molecule has 0 amide bonds. The number of hydrogen-bond acceptors (Lipinski definition) is 7. The summed E-state index contributed by atoms with van der Waals surface area (Å²) in [6, 6.07) is 15.3. The second-order valence-electron chi connectivity index (χ2n) is 7.00. The molecular weight excluding hydrogens is 408 g/mol. The highest BCUT2D eigenvalue weighted by molar-refractivity contribution is 7.09. The maximum Gasteiger partial charge on any atom is 0.335 e. The topological polar surface area (TPSA) is 130 Å². The number of aliphatic hydroxyl groups is 2. The third-order valence-electron chi connectivity index (χ3n) is 5.15. The average Bonchev–Trinajstić information content (AvgIpc) is 3.27. The molecule has 2 heterocycles. The minimum absolute atomic E-state index is 0.0104. The Morgan fingerprint density at radius 2 is 1.70 bits per heavy atom. The van der Waals surface area contributed by atoms with Gasteiger partial charge in [0.25, 0.3) is 0 Å². The number of nitrogens with zero attached hydrogens (tertiary/aromatic N) is 1. The molecular formula is C21H28N2O6S. The molecule has 1 aliphatic rings. The molecule has 1 fully saturated rings. The number of aliphatic carboxylic acids is 2. The lowest BCUT2D eigenvalue weighted by atomic mass is 9.88. The van der Waals surface area contributed by atoms with E-state index in [2.05, 4.69) is 65.1 Å². The van der Waals surface area contributed by atoms with E-state index in [4.69, 9.17) is 20.4 Å². The highest BCUT2D eigenvalue weighted by atomic mass is 32.1. The Bertz CT molecular complexity index is 783. The van der Waals surface area contributed by atoms with Crippen LogP contribution in [0.2, 0.25) is 0 Å². The van der Waals surface area contributed by atoms with Crippen LogP contribution in [0.4, 0.5) is 0 Å². The average molecular weight is 437 g/mol. The van der Waals surface area contributed by atoms with Gasteiger partial charge in [-0.05, 0) is 43.3 Å². The summed E-state index contributed by atoms with van der Waals surface area (Å²) in [4.78, 5) is 23.6. The molecule has 1 aromatic carbocycles. The fourth-order valence-electron chi connectivity index (χ4n) is 3.58. The molecule has 0 bridgehead atoms. The van der Waals surface area contributed by atoms with Gasteiger partial charge in [-0.15, -0.1) is 11.3 Å². The number of nitrogens with one attached hydrogen (secondary N) is 1. The highest BCUT2D eigenvalue weighted by Gasteiger charge is 2.38. The van der Waals surface area contributed by atoms with Crippen LogP contribution in [-0.4, -0.2) is 63.1 Å². The first kappa shape index (κ1) is 24.0. The number of rotatable bonds is 7. The second kappa shape index (κ2) is 11.2. The molecule has 0 radical (unpaired) electrons. The number of piperidine rings is 1. The van der Waals surface area contributed by atoms with Crippen LogP contribution in [0.5, 0.6) is 0 Å². The van der Waals surface area contributed by atoms with E-state index < -0.39 is 24.1 Å². The van der Waals surface area contributed by atoms with E-state index in [9.17, 15) is 9.59 Å². The van der Waals surface area contributed by atoms with Gasteiger partial charge in [-0.25, -0.2) is 9.59 Å². The zero-order chi connectivity index (χ0) is 22.1. The van der Waals surface area contributed by atoms with E-state index in [1.54, 1.807) is 0 Å². The van der Waals surface area contributed by atoms with Crippen LogP contribution < -0.4 is 5.32 Å². The summed E-state index contributed by atoms with van der Waals surface area (Å²) in [6.45, 7) is 2.20. The predicted octanol–water partition coefficient (Wildman–Crippen LogP) is 1.68. The Kier molecular flexibility index (Phi) is 8.94. The largest absolute Gasteiger partial charge is 0.479 e. The summed E-state index contributed by atoms with van der Waals surface area (Å²) in [5, 5.41) is 38.3. The van der Waals surface area contributed by atoms with Crippen LogP contribution in [0.1, 0.15) is 29.7 Å². The van der Waals surface area contributed by atoms with Crippen molar-refractivity contribution in [3.8, 4) is 0 Å². The van der Waals surface area contributed by atoms with Crippen molar-refractivity contribution >= 4 is 23.3 Å². The van der Waals surface area contributed by atoms with Gasteiger partial charge < -0.3 is 20.4 Å². The molecule has 5 N–H and O–H groups in total. The maximum absolute atomic E-state index is 9.77. The van der Waals surface area contributed by atoms with Crippen molar-refractivity contribution in [2.75, 3.05) is 13.6 Å². The van der Waals surface area contributed by atoms with Crippen LogP contribution in [0.15, 0.2) is 47.8 Å². The molecule has 8 nitrogen and oxygen atoms in total. The summed E-state index contributed by atoms with van der Waals surface area (Å²) in [6.07, 6.45) is -0.771. The molecule has 0 saturated carbocycles. The van der Waals surface area contributed by atoms with E-state index in [1.807, 2.05) is 11.3 Å². The molecule has 1 saturated heterocycles. The van der Waals surface area contributed by atoms with E-state index in [0.717, 1.165) is 13.1 Å². The van der Waals surface area contributed by atoms with Crippen molar-refractivity contribution in [2.45, 2.75) is 43.7 Å². The maximum atomic E-state index is 9.77. The van der Waals surface area contributed by atoms with Crippen LogP contribution in [0, 0.1) is 0 Å². The number of carboxylic acid groups (broad SMARTS) is 2. The monoisotopic (exact) mass is 436 g/mol. The van der Waals surface area contributed by atoms with Crippen LogP contribution in [-0.2, 0) is 21.8 Å². The van der Waals surface area contributed by atoms with Crippen molar-refractivity contribution in [1.29, 1.82) is 0 Å². The van der Waals surface area contributed by atoms with Gasteiger partial charge in [0.1, 0.15) is 0 Å².